The predicted octanol–water partition coefficient (Wildman–Crippen LogP) is 4.24. The van der Waals surface area contributed by atoms with Crippen LogP contribution in [0, 0.1) is 6.92 Å². The minimum atomic E-state index is -0.261. The molecule has 1 amide bonds. The second-order valence-electron chi connectivity index (χ2n) is 6.50. The van der Waals surface area contributed by atoms with Gasteiger partial charge in [-0.05, 0) is 36.8 Å². The van der Waals surface area contributed by atoms with Gasteiger partial charge in [-0.2, -0.15) is 0 Å². The Morgan fingerprint density at radius 1 is 1.34 bits per heavy atom. The van der Waals surface area contributed by atoms with Gasteiger partial charge in [0.2, 0.25) is 5.88 Å². The van der Waals surface area contributed by atoms with Crippen LogP contribution >= 0.6 is 22.9 Å². The van der Waals surface area contributed by atoms with E-state index in [0.29, 0.717) is 15.7 Å². The molecule has 4 rings (SSSR count). The van der Waals surface area contributed by atoms with E-state index in [2.05, 4.69) is 10.1 Å². The second-order valence-corrected chi connectivity index (χ2v) is 7.95. The molecule has 4 aromatic rings. The molecule has 0 saturated carbocycles. The largest absolute Gasteiger partial charge is 0.479 e. The average Bonchev–Trinajstić information content (AvgIpc) is 3.29. The number of hydrogen-bond acceptors (Lipinski definition) is 6. The number of benzene rings is 1. The third-order valence-electron chi connectivity index (χ3n) is 4.38. The molecule has 0 saturated heterocycles. The predicted molar refractivity (Wildman–Crippen MR) is 114 cm³/mol. The van der Waals surface area contributed by atoms with Crippen molar-refractivity contribution < 1.29 is 9.53 Å². The van der Waals surface area contributed by atoms with Gasteiger partial charge in [0, 0.05) is 24.5 Å². The number of carbonyl (C=O) groups is 1. The summed E-state index contributed by atoms with van der Waals surface area (Å²) in [6.45, 7) is 2.22. The summed E-state index contributed by atoms with van der Waals surface area (Å²) in [6, 6.07) is 9.32. The topological polar surface area (TPSA) is 73.1 Å². The fourth-order valence-corrected chi connectivity index (χ4v) is 4.47. The van der Waals surface area contributed by atoms with E-state index in [4.69, 9.17) is 21.3 Å². The molecule has 1 aromatic carbocycles. The number of carbonyl (C=O) groups excluding carboxylic acids is 1. The first-order valence-corrected chi connectivity index (χ1v) is 10.0. The third-order valence-corrected chi connectivity index (χ3v) is 5.62. The van der Waals surface area contributed by atoms with Gasteiger partial charge in [-0.1, -0.05) is 29.0 Å². The summed E-state index contributed by atoms with van der Waals surface area (Å²) in [5.41, 5.74) is 2.89. The first kappa shape index (κ1) is 19.4. The highest BCUT2D eigenvalue weighted by Gasteiger charge is 2.27. The summed E-state index contributed by atoms with van der Waals surface area (Å²) in [6.07, 6.45) is 3.34. The molecule has 0 fully saturated rings. The fourth-order valence-electron chi connectivity index (χ4n) is 3.05. The zero-order chi connectivity index (χ0) is 20.5. The number of anilines is 1. The van der Waals surface area contributed by atoms with Gasteiger partial charge in [-0.15, -0.1) is 5.10 Å². The summed E-state index contributed by atoms with van der Waals surface area (Å²) in [5.74, 6) is 0.00673. The third kappa shape index (κ3) is 3.81. The molecule has 3 aromatic heterocycles. The van der Waals surface area contributed by atoms with Crippen LogP contribution in [0.2, 0.25) is 5.02 Å². The van der Waals surface area contributed by atoms with Crippen molar-refractivity contribution in [1.82, 2.24) is 19.7 Å². The SMILES string of the molecule is COc1nn(C)cc1C(=O)N(Cc1ccccn1)c1nc2c(C)cc(Cl)cc2s1. The summed E-state index contributed by atoms with van der Waals surface area (Å²) in [5, 5.41) is 5.40. The smallest absolute Gasteiger partial charge is 0.267 e. The van der Waals surface area contributed by atoms with Crippen molar-refractivity contribution in [2.75, 3.05) is 12.0 Å². The van der Waals surface area contributed by atoms with Gasteiger partial charge in [0.15, 0.2) is 5.13 Å². The molecule has 0 atom stereocenters. The van der Waals surface area contributed by atoms with Gasteiger partial charge in [-0.25, -0.2) is 4.98 Å². The molecule has 0 unspecified atom stereocenters. The maximum absolute atomic E-state index is 13.5. The van der Waals surface area contributed by atoms with Crippen molar-refractivity contribution in [2.45, 2.75) is 13.5 Å². The minimum Gasteiger partial charge on any atom is -0.479 e. The van der Waals surface area contributed by atoms with Crippen molar-refractivity contribution in [3.05, 3.63) is 64.6 Å². The van der Waals surface area contributed by atoms with Gasteiger partial charge in [0.1, 0.15) is 5.56 Å². The molecule has 0 spiro atoms. The lowest BCUT2D eigenvalue weighted by Crippen LogP contribution is -2.30. The number of fused-ring (bicyclic) bond motifs is 1. The summed E-state index contributed by atoms with van der Waals surface area (Å²) in [4.78, 5) is 24.2. The molecule has 148 valence electrons. The van der Waals surface area contributed by atoms with Crippen molar-refractivity contribution >= 4 is 44.2 Å². The monoisotopic (exact) mass is 427 g/mol. The number of pyridine rings is 1. The number of amides is 1. The molecular weight excluding hydrogens is 410 g/mol. The van der Waals surface area contributed by atoms with E-state index in [9.17, 15) is 4.79 Å². The van der Waals surface area contributed by atoms with E-state index in [1.165, 1.54) is 18.4 Å². The fraction of sp³-hybridized carbons (Fsp3) is 0.200. The number of ether oxygens (including phenoxy) is 1. The van der Waals surface area contributed by atoms with Crippen molar-refractivity contribution in [2.24, 2.45) is 7.05 Å². The zero-order valence-corrected chi connectivity index (χ0v) is 17.7. The van der Waals surface area contributed by atoms with E-state index < -0.39 is 0 Å². The Balaban J connectivity index is 1.82. The Labute approximate surface area is 176 Å². The number of thiazole rings is 1. The van der Waals surface area contributed by atoms with Crippen LogP contribution in [-0.2, 0) is 13.6 Å². The summed E-state index contributed by atoms with van der Waals surface area (Å²) in [7, 11) is 3.23. The highest BCUT2D eigenvalue weighted by Crippen LogP contribution is 2.34. The standard InChI is InChI=1S/C20H18ClN5O2S/c1-12-8-13(21)9-16-17(12)23-20(29-16)26(10-14-6-4-5-7-22-14)19(27)15-11-25(2)24-18(15)28-3/h4-9,11H,10H2,1-3H3. The lowest BCUT2D eigenvalue weighted by Gasteiger charge is -2.19. The van der Waals surface area contributed by atoms with Crippen LogP contribution in [0.1, 0.15) is 21.6 Å². The molecule has 9 heteroatoms. The average molecular weight is 428 g/mol. The Kier molecular flexibility index (Phi) is 5.21. The molecule has 0 aliphatic rings. The Bertz CT molecular complexity index is 1190. The highest BCUT2D eigenvalue weighted by molar-refractivity contribution is 7.22. The number of methoxy groups -OCH3 is 1. The molecule has 7 nitrogen and oxygen atoms in total. The van der Waals surface area contributed by atoms with Crippen LogP contribution in [0.5, 0.6) is 5.88 Å². The van der Waals surface area contributed by atoms with Gasteiger partial charge in [0.05, 0.1) is 29.6 Å². The van der Waals surface area contributed by atoms with E-state index >= 15 is 0 Å². The Morgan fingerprint density at radius 2 is 2.17 bits per heavy atom. The highest BCUT2D eigenvalue weighted by atomic mass is 35.5. The molecule has 3 heterocycles. The zero-order valence-electron chi connectivity index (χ0n) is 16.1. The molecule has 0 bridgehead atoms. The quantitative estimate of drug-likeness (QED) is 0.476. The van der Waals surface area contributed by atoms with Gasteiger partial charge in [-0.3, -0.25) is 19.4 Å². The molecule has 0 aliphatic heterocycles. The van der Waals surface area contributed by atoms with Crippen LogP contribution in [0.15, 0.2) is 42.7 Å². The normalized spacial score (nSPS) is 11.0. The Morgan fingerprint density at radius 3 is 2.90 bits per heavy atom. The molecule has 0 radical (unpaired) electrons. The van der Waals surface area contributed by atoms with Gasteiger partial charge < -0.3 is 4.74 Å². The number of hydrogen-bond donors (Lipinski definition) is 0. The molecule has 0 N–H and O–H groups in total. The number of nitrogens with zero attached hydrogens (tertiary/aromatic N) is 5. The van der Waals surface area contributed by atoms with E-state index in [-0.39, 0.29) is 18.3 Å². The first-order valence-electron chi connectivity index (χ1n) is 8.82. The minimum absolute atomic E-state index is 0.261. The van der Waals surface area contributed by atoms with Crippen molar-refractivity contribution in [3.63, 3.8) is 0 Å². The molecule has 29 heavy (non-hydrogen) atoms. The van der Waals surface area contributed by atoms with Crippen molar-refractivity contribution in [3.8, 4) is 5.88 Å². The Hall–Kier alpha value is -2.97. The second kappa shape index (κ2) is 7.81. The van der Waals surface area contributed by atoms with E-state index in [1.807, 2.05) is 37.3 Å². The van der Waals surface area contributed by atoms with Crippen molar-refractivity contribution in [1.29, 1.82) is 0 Å². The molecule has 0 aliphatic carbocycles. The summed E-state index contributed by atoms with van der Waals surface area (Å²) < 4.78 is 7.76. The van der Waals surface area contributed by atoms with E-state index in [0.717, 1.165) is 21.5 Å². The maximum atomic E-state index is 13.5. The van der Waals surface area contributed by atoms with Crippen LogP contribution in [0.3, 0.4) is 0 Å². The number of aromatic nitrogens is 4. The van der Waals surface area contributed by atoms with Crippen LogP contribution in [0.4, 0.5) is 5.13 Å². The van der Waals surface area contributed by atoms with Gasteiger partial charge >= 0.3 is 0 Å². The lowest BCUT2D eigenvalue weighted by atomic mass is 10.2. The number of halogens is 1. The van der Waals surface area contributed by atoms with Crippen LogP contribution in [-0.4, -0.2) is 32.8 Å². The number of rotatable bonds is 5. The van der Waals surface area contributed by atoms with Crippen LogP contribution in [0.25, 0.3) is 10.2 Å². The molecular formula is C20H18ClN5O2S. The van der Waals surface area contributed by atoms with Crippen LogP contribution < -0.4 is 9.64 Å². The maximum Gasteiger partial charge on any atom is 0.267 e. The first-order chi connectivity index (χ1) is 14.0. The van der Waals surface area contributed by atoms with Gasteiger partial charge in [0.25, 0.3) is 5.91 Å². The van der Waals surface area contributed by atoms with E-state index in [1.54, 1.807) is 29.0 Å². The lowest BCUT2D eigenvalue weighted by molar-refractivity contribution is 0.0982. The summed E-state index contributed by atoms with van der Waals surface area (Å²) >= 11 is 7.61. The number of aryl methyl sites for hydroxylation is 2.